The number of hydrogen-bond donors (Lipinski definition) is 2. The number of aromatic nitrogens is 2. The second-order valence-corrected chi connectivity index (χ2v) is 4.82. The van der Waals surface area contributed by atoms with Gasteiger partial charge in [-0.25, -0.2) is 0 Å². The summed E-state index contributed by atoms with van der Waals surface area (Å²) >= 11 is 0. The topological polar surface area (TPSA) is 59.0 Å². The van der Waals surface area contributed by atoms with Crippen LogP contribution in [0.3, 0.4) is 0 Å². The van der Waals surface area contributed by atoms with E-state index in [9.17, 15) is 4.79 Å². The van der Waals surface area contributed by atoms with E-state index in [0.29, 0.717) is 6.04 Å². The Morgan fingerprint density at radius 3 is 2.82 bits per heavy atom. The lowest BCUT2D eigenvalue weighted by Gasteiger charge is -2.21. The van der Waals surface area contributed by atoms with Gasteiger partial charge in [0.25, 0.3) is 0 Å². The van der Waals surface area contributed by atoms with Crippen LogP contribution in [0, 0.1) is 5.92 Å². The molecule has 0 spiro atoms. The summed E-state index contributed by atoms with van der Waals surface area (Å²) < 4.78 is 1.85. The van der Waals surface area contributed by atoms with Gasteiger partial charge < -0.3 is 10.6 Å². The van der Waals surface area contributed by atoms with Gasteiger partial charge in [-0.05, 0) is 39.8 Å². The highest BCUT2D eigenvalue weighted by molar-refractivity contribution is 5.92. The highest BCUT2D eigenvalue weighted by Crippen LogP contribution is 2.16. The molecule has 0 aliphatic carbocycles. The molecule has 1 aromatic rings. The molecule has 0 aromatic carbocycles. The molecule has 94 valence electrons. The van der Waals surface area contributed by atoms with Crippen LogP contribution in [0.1, 0.15) is 32.7 Å². The molecule has 1 saturated heterocycles. The molecule has 1 aliphatic rings. The molecule has 17 heavy (non-hydrogen) atoms. The quantitative estimate of drug-likeness (QED) is 0.834. The van der Waals surface area contributed by atoms with E-state index in [1.165, 1.54) is 0 Å². The minimum atomic E-state index is 0.120. The fourth-order valence-electron chi connectivity index (χ4n) is 2.01. The van der Waals surface area contributed by atoms with E-state index in [2.05, 4.69) is 29.6 Å². The van der Waals surface area contributed by atoms with E-state index in [0.717, 1.165) is 31.6 Å². The number of rotatable bonds is 3. The zero-order valence-corrected chi connectivity index (χ0v) is 10.4. The zero-order valence-electron chi connectivity index (χ0n) is 10.4. The first-order valence-corrected chi connectivity index (χ1v) is 6.22. The van der Waals surface area contributed by atoms with Gasteiger partial charge in [-0.15, -0.1) is 0 Å². The van der Waals surface area contributed by atoms with Crippen LogP contribution in [0.4, 0.5) is 5.69 Å². The SMILES string of the molecule is CC(C)n1cc(NC(=O)C2CCNCC2)cn1. The number of hydrogen-bond acceptors (Lipinski definition) is 3. The molecule has 0 radical (unpaired) electrons. The maximum Gasteiger partial charge on any atom is 0.227 e. The third kappa shape index (κ3) is 3.06. The monoisotopic (exact) mass is 236 g/mol. The van der Waals surface area contributed by atoms with Crippen molar-refractivity contribution in [1.29, 1.82) is 0 Å². The minimum absolute atomic E-state index is 0.120. The van der Waals surface area contributed by atoms with Gasteiger partial charge >= 0.3 is 0 Å². The standard InChI is InChI=1S/C12H20N4O/c1-9(2)16-8-11(7-14-16)15-12(17)10-3-5-13-6-4-10/h7-10,13H,3-6H2,1-2H3,(H,15,17). The van der Waals surface area contributed by atoms with Crippen molar-refractivity contribution in [2.24, 2.45) is 5.92 Å². The van der Waals surface area contributed by atoms with Crippen LogP contribution in [0.15, 0.2) is 12.4 Å². The largest absolute Gasteiger partial charge is 0.323 e. The molecule has 2 heterocycles. The average molecular weight is 236 g/mol. The summed E-state index contributed by atoms with van der Waals surface area (Å²) in [5.74, 6) is 0.258. The van der Waals surface area contributed by atoms with Crippen LogP contribution in [0.5, 0.6) is 0 Å². The molecule has 0 atom stereocenters. The fourth-order valence-corrected chi connectivity index (χ4v) is 2.01. The van der Waals surface area contributed by atoms with Crippen molar-refractivity contribution >= 4 is 11.6 Å². The van der Waals surface area contributed by atoms with Crippen LogP contribution in [0.25, 0.3) is 0 Å². The summed E-state index contributed by atoms with van der Waals surface area (Å²) in [6.45, 7) is 5.99. The van der Waals surface area contributed by atoms with E-state index in [-0.39, 0.29) is 11.8 Å². The van der Waals surface area contributed by atoms with Gasteiger partial charge in [0.2, 0.25) is 5.91 Å². The molecule has 1 fully saturated rings. The Morgan fingerprint density at radius 2 is 2.24 bits per heavy atom. The number of nitrogens with one attached hydrogen (secondary N) is 2. The molecule has 1 aliphatic heterocycles. The van der Waals surface area contributed by atoms with E-state index in [4.69, 9.17) is 0 Å². The maximum absolute atomic E-state index is 12.0. The first-order valence-electron chi connectivity index (χ1n) is 6.22. The third-order valence-electron chi connectivity index (χ3n) is 3.11. The van der Waals surface area contributed by atoms with Gasteiger partial charge in [0, 0.05) is 18.2 Å². The second kappa shape index (κ2) is 5.31. The van der Waals surface area contributed by atoms with Gasteiger partial charge in [0.1, 0.15) is 0 Å². The van der Waals surface area contributed by atoms with Gasteiger partial charge in [-0.1, -0.05) is 0 Å². The molecule has 1 aromatic heterocycles. The maximum atomic E-state index is 12.0. The van der Waals surface area contributed by atoms with Crippen LogP contribution >= 0.6 is 0 Å². The summed E-state index contributed by atoms with van der Waals surface area (Å²) in [6.07, 6.45) is 5.43. The zero-order chi connectivity index (χ0) is 12.3. The summed E-state index contributed by atoms with van der Waals surface area (Å²) in [4.78, 5) is 12.0. The molecule has 1 amide bonds. The van der Waals surface area contributed by atoms with Crippen molar-refractivity contribution < 1.29 is 4.79 Å². The fraction of sp³-hybridized carbons (Fsp3) is 0.667. The van der Waals surface area contributed by atoms with Gasteiger partial charge in [0.15, 0.2) is 0 Å². The van der Waals surface area contributed by atoms with Gasteiger partial charge in [-0.2, -0.15) is 5.10 Å². The summed E-state index contributed by atoms with van der Waals surface area (Å²) in [6, 6.07) is 0.319. The number of amides is 1. The minimum Gasteiger partial charge on any atom is -0.323 e. The molecule has 2 N–H and O–H groups in total. The lowest BCUT2D eigenvalue weighted by Crippen LogP contribution is -2.34. The molecule has 2 rings (SSSR count). The Bertz CT molecular complexity index is 380. The van der Waals surface area contributed by atoms with Crippen LogP contribution in [-0.2, 0) is 4.79 Å². The Hall–Kier alpha value is -1.36. The summed E-state index contributed by atoms with van der Waals surface area (Å²) in [5, 5.41) is 10.4. The second-order valence-electron chi connectivity index (χ2n) is 4.82. The van der Waals surface area contributed by atoms with E-state index >= 15 is 0 Å². The first kappa shape index (κ1) is 12.1. The number of anilines is 1. The number of piperidine rings is 1. The normalized spacial score (nSPS) is 17.4. The number of carbonyl (C=O) groups excluding carboxylic acids is 1. The third-order valence-corrected chi connectivity index (χ3v) is 3.11. The predicted octanol–water partition coefficient (Wildman–Crippen LogP) is 1.40. The smallest absolute Gasteiger partial charge is 0.227 e. The van der Waals surface area contributed by atoms with Crippen molar-refractivity contribution in [2.45, 2.75) is 32.7 Å². The molecular formula is C12H20N4O. The van der Waals surface area contributed by atoms with Crippen LogP contribution in [-0.4, -0.2) is 28.8 Å². The summed E-state index contributed by atoms with van der Waals surface area (Å²) in [5.41, 5.74) is 0.794. The molecule has 5 heteroatoms. The Kier molecular flexibility index (Phi) is 3.78. The molecule has 0 unspecified atom stereocenters. The van der Waals surface area contributed by atoms with Gasteiger partial charge in [0.05, 0.1) is 11.9 Å². The summed E-state index contributed by atoms with van der Waals surface area (Å²) in [7, 11) is 0. The Balaban J connectivity index is 1.92. The molecular weight excluding hydrogens is 216 g/mol. The van der Waals surface area contributed by atoms with Crippen molar-refractivity contribution in [3.8, 4) is 0 Å². The average Bonchev–Trinajstić information content (AvgIpc) is 2.79. The Morgan fingerprint density at radius 1 is 1.53 bits per heavy atom. The lowest BCUT2D eigenvalue weighted by atomic mass is 9.97. The van der Waals surface area contributed by atoms with E-state index in [1.54, 1.807) is 6.20 Å². The van der Waals surface area contributed by atoms with Crippen molar-refractivity contribution in [3.63, 3.8) is 0 Å². The first-order chi connectivity index (χ1) is 8.16. The van der Waals surface area contributed by atoms with E-state index < -0.39 is 0 Å². The molecule has 0 saturated carbocycles. The highest BCUT2D eigenvalue weighted by Gasteiger charge is 2.21. The van der Waals surface area contributed by atoms with Crippen molar-refractivity contribution in [3.05, 3.63) is 12.4 Å². The van der Waals surface area contributed by atoms with Crippen molar-refractivity contribution in [2.75, 3.05) is 18.4 Å². The van der Waals surface area contributed by atoms with Gasteiger partial charge in [-0.3, -0.25) is 9.48 Å². The number of nitrogens with zero attached hydrogens (tertiary/aromatic N) is 2. The van der Waals surface area contributed by atoms with Crippen molar-refractivity contribution in [1.82, 2.24) is 15.1 Å². The van der Waals surface area contributed by atoms with Crippen LogP contribution < -0.4 is 10.6 Å². The Labute approximate surface area is 102 Å². The highest BCUT2D eigenvalue weighted by atomic mass is 16.1. The molecule has 5 nitrogen and oxygen atoms in total. The van der Waals surface area contributed by atoms with E-state index in [1.807, 2.05) is 10.9 Å². The predicted molar refractivity (Wildman–Crippen MR) is 66.8 cm³/mol. The molecule has 0 bridgehead atoms. The van der Waals surface area contributed by atoms with Crippen LogP contribution in [0.2, 0.25) is 0 Å². The lowest BCUT2D eigenvalue weighted by molar-refractivity contribution is -0.120. The number of carbonyl (C=O) groups is 1.